The van der Waals surface area contributed by atoms with Crippen LogP contribution in [0.4, 0.5) is 0 Å². The third kappa shape index (κ3) is 4.72. The molecule has 0 heterocycles. The monoisotopic (exact) mass is 349 g/mol. The van der Waals surface area contributed by atoms with E-state index in [4.69, 9.17) is 9.47 Å². The number of hydrogen-bond donors (Lipinski definition) is 1. The first-order valence-corrected chi connectivity index (χ1v) is 9.27. The molecule has 0 aliphatic carbocycles. The average Bonchev–Trinajstić information content (AvgIpc) is 2.53. The van der Waals surface area contributed by atoms with E-state index in [1.54, 1.807) is 39.3 Å². The van der Waals surface area contributed by atoms with Gasteiger partial charge in [0, 0.05) is 11.6 Å². The maximum atomic E-state index is 12.5. The van der Waals surface area contributed by atoms with Gasteiger partial charge in [0.2, 0.25) is 10.0 Å². The van der Waals surface area contributed by atoms with Gasteiger partial charge >= 0.3 is 0 Å². The Kier molecular flexibility index (Phi) is 5.85. The molecule has 130 valence electrons. The van der Waals surface area contributed by atoms with Crippen molar-refractivity contribution in [3.05, 3.63) is 59.2 Å². The summed E-state index contributed by atoms with van der Waals surface area (Å²) in [6.07, 6.45) is 0. The van der Waals surface area contributed by atoms with E-state index in [-0.39, 0.29) is 5.75 Å². The van der Waals surface area contributed by atoms with E-state index in [1.807, 2.05) is 31.2 Å². The zero-order valence-corrected chi connectivity index (χ0v) is 15.2. The van der Waals surface area contributed by atoms with Crippen LogP contribution < -0.4 is 14.2 Å². The van der Waals surface area contributed by atoms with Gasteiger partial charge in [0.05, 0.1) is 20.0 Å². The van der Waals surface area contributed by atoms with Crippen LogP contribution in [0.5, 0.6) is 11.5 Å². The van der Waals surface area contributed by atoms with Crippen molar-refractivity contribution in [1.82, 2.24) is 4.72 Å². The molecule has 2 rings (SSSR count). The molecule has 0 aliphatic rings. The molecule has 2 aromatic carbocycles. The molecular weight excluding hydrogens is 326 g/mol. The summed E-state index contributed by atoms with van der Waals surface area (Å²) < 4.78 is 38.2. The standard InChI is InChI=1S/C18H23NO4S/c1-13-6-5-7-15(10-13)12-24(20,21)19-14(2)17-11-16(22-3)8-9-18(17)23-4/h5-11,14,19H,12H2,1-4H3/t14-/m1/s1. The van der Waals surface area contributed by atoms with Crippen molar-refractivity contribution >= 4 is 10.0 Å². The maximum Gasteiger partial charge on any atom is 0.216 e. The van der Waals surface area contributed by atoms with Crippen LogP contribution in [0.3, 0.4) is 0 Å². The second-order valence-electron chi connectivity index (χ2n) is 5.70. The first kappa shape index (κ1) is 18.3. The van der Waals surface area contributed by atoms with Crippen LogP contribution in [0.1, 0.15) is 29.7 Å². The third-order valence-electron chi connectivity index (χ3n) is 3.70. The lowest BCUT2D eigenvalue weighted by molar-refractivity contribution is 0.395. The summed E-state index contributed by atoms with van der Waals surface area (Å²) in [4.78, 5) is 0. The van der Waals surface area contributed by atoms with Gasteiger partial charge in [0.1, 0.15) is 11.5 Å². The van der Waals surface area contributed by atoms with E-state index in [9.17, 15) is 8.42 Å². The molecule has 0 spiro atoms. The number of sulfonamides is 1. The van der Waals surface area contributed by atoms with Crippen LogP contribution in [0, 0.1) is 6.92 Å². The summed E-state index contributed by atoms with van der Waals surface area (Å²) in [5.74, 6) is 1.20. The number of methoxy groups -OCH3 is 2. The van der Waals surface area contributed by atoms with Crippen molar-refractivity contribution in [1.29, 1.82) is 0 Å². The van der Waals surface area contributed by atoms with Crippen LogP contribution in [-0.4, -0.2) is 22.6 Å². The number of aryl methyl sites for hydroxylation is 1. The quantitative estimate of drug-likeness (QED) is 0.834. The summed E-state index contributed by atoms with van der Waals surface area (Å²) >= 11 is 0. The first-order chi connectivity index (χ1) is 11.3. The van der Waals surface area contributed by atoms with Gasteiger partial charge in [-0.1, -0.05) is 29.8 Å². The highest BCUT2D eigenvalue weighted by molar-refractivity contribution is 7.88. The van der Waals surface area contributed by atoms with E-state index in [0.29, 0.717) is 11.5 Å². The smallest absolute Gasteiger partial charge is 0.216 e. The van der Waals surface area contributed by atoms with Crippen LogP contribution in [0.25, 0.3) is 0 Å². The van der Waals surface area contributed by atoms with Crippen LogP contribution in [-0.2, 0) is 15.8 Å². The van der Waals surface area contributed by atoms with E-state index >= 15 is 0 Å². The number of rotatable bonds is 7. The van der Waals surface area contributed by atoms with E-state index in [1.165, 1.54) is 0 Å². The first-order valence-electron chi connectivity index (χ1n) is 7.62. The minimum Gasteiger partial charge on any atom is -0.497 e. The summed E-state index contributed by atoms with van der Waals surface area (Å²) in [6.45, 7) is 3.72. The minimum absolute atomic E-state index is 0.0642. The highest BCUT2D eigenvalue weighted by Gasteiger charge is 2.20. The summed E-state index contributed by atoms with van der Waals surface area (Å²) in [5.41, 5.74) is 2.52. The predicted molar refractivity (Wildman–Crippen MR) is 94.9 cm³/mol. The Morgan fingerprint density at radius 1 is 1.08 bits per heavy atom. The molecule has 6 heteroatoms. The van der Waals surface area contributed by atoms with Gasteiger partial charge < -0.3 is 9.47 Å². The average molecular weight is 349 g/mol. The van der Waals surface area contributed by atoms with Gasteiger partial charge in [-0.2, -0.15) is 0 Å². The molecule has 24 heavy (non-hydrogen) atoms. The molecule has 0 aliphatic heterocycles. The van der Waals surface area contributed by atoms with Crippen molar-refractivity contribution < 1.29 is 17.9 Å². The van der Waals surface area contributed by atoms with Gasteiger partial charge in [-0.3, -0.25) is 0 Å². The van der Waals surface area contributed by atoms with Gasteiger partial charge in [0.15, 0.2) is 0 Å². The van der Waals surface area contributed by atoms with Crippen LogP contribution >= 0.6 is 0 Å². The molecule has 0 aromatic heterocycles. The highest BCUT2D eigenvalue weighted by Crippen LogP contribution is 2.29. The molecule has 0 bridgehead atoms. The number of hydrogen-bond acceptors (Lipinski definition) is 4. The van der Waals surface area contributed by atoms with Gasteiger partial charge in [0.25, 0.3) is 0 Å². The molecule has 2 aromatic rings. The Morgan fingerprint density at radius 2 is 1.83 bits per heavy atom. The summed E-state index contributed by atoms with van der Waals surface area (Å²) in [6, 6.07) is 12.3. The van der Waals surface area contributed by atoms with E-state index in [0.717, 1.165) is 16.7 Å². The predicted octanol–water partition coefficient (Wildman–Crippen LogP) is 3.19. The molecule has 0 amide bonds. The molecule has 0 saturated carbocycles. The molecule has 5 nitrogen and oxygen atoms in total. The van der Waals surface area contributed by atoms with Crippen molar-refractivity contribution in [2.75, 3.05) is 14.2 Å². The Labute approximate surface area is 143 Å². The second kappa shape index (κ2) is 7.68. The molecule has 0 radical (unpaired) electrons. The van der Waals surface area contributed by atoms with Crippen molar-refractivity contribution in [3.63, 3.8) is 0 Å². The fraction of sp³-hybridized carbons (Fsp3) is 0.333. The summed E-state index contributed by atoms with van der Waals surface area (Å²) in [7, 11) is -0.367. The van der Waals surface area contributed by atoms with Crippen LogP contribution in [0.15, 0.2) is 42.5 Å². The fourth-order valence-corrected chi connectivity index (χ4v) is 3.94. The third-order valence-corrected chi connectivity index (χ3v) is 5.12. The van der Waals surface area contributed by atoms with E-state index in [2.05, 4.69) is 4.72 Å². The maximum absolute atomic E-state index is 12.5. The lowest BCUT2D eigenvalue weighted by Gasteiger charge is -2.18. The lowest BCUT2D eigenvalue weighted by Crippen LogP contribution is -2.28. The normalized spacial score (nSPS) is 12.7. The Hall–Kier alpha value is -2.05. The zero-order chi connectivity index (χ0) is 17.7. The fourth-order valence-electron chi connectivity index (χ4n) is 2.57. The van der Waals surface area contributed by atoms with E-state index < -0.39 is 16.1 Å². The lowest BCUT2D eigenvalue weighted by atomic mass is 10.1. The van der Waals surface area contributed by atoms with Gasteiger partial charge in [-0.15, -0.1) is 0 Å². The van der Waals surface area contributed by atoms with Crippen LogP contribution in [0.2, 0.25) is 0 Å². The number of ether oxygens (including phenoxy) is 2. The molecule has 0 saturated heterocycles. The molecule has 1 N–H and O–H groups in total. The Balaban J connectivity index is 2.20. The highest BCUT2D eigenvalue weighted by atomic mass is 32.2. The second-order valence-corrected chi connectivity index (χ2v) is 7.45. The topological polar surface area (TPSA) is 64.6 Å². The summed E-state index contributed by atoms with van der Waals surface area (Å²) in [5, 5.41) is 0. The largest absolute Gasteiger partial charge is 0.497 e. The SMILES string of the molecule is COc1ccc(OC)c([C@@H](C)NS(=O)(=O)Cc2cccc(C)c2)c1. The van der Waals surface area contributed by atoms with Gasteiger partial charge in [-0.25, -0.2) is 13.1 Å². The molecule has 1 atom stereocenters. The van der Waals surface area contributed by atoms with Crippen molar-refractivity contribution in [2.24, 2.45) is 0 Å². The number of nitrogens with one attached hydrogen (secondary N) is 1. The number of benzene rings is 2. The zero-order valence-electron chi connectivity index (χ0n) is 14.4. The Bertz CT molecular complexity index is 802. The molecule has 0 unspecified atom stereocenters. The van der Waals surface area contributed by atoms with Crippen molar-refractivity contribution in [3.8, 4) is 11.5 Å². The molecule has 0 fully saturated rings. The molecular formula is C18H23NO4S. The minimum atomic E-state index is -3.49. The van der Waals surface area contributed by atoms with Gasteiger partial charge in [-0.05, 0) is 37.6 Å². The Morgan fingerprint density at radius 3 is 2.46 bits per heavy atom. The van der Waals surface area contributed by atoms with Crippen molar-refractivity contribution in [2.45, 2.75) is 25.6 Å².